The first-order valence-electron chi connectivity index (χ1n) is 16.5. The Morgan fingerprint density at radius 3 is 1.64 bits per heavy atom. The summed E-state index contributed by atoms with van der Waals surface area (Å²) in [4.78, 5) is 5.08. The Bertz CT molecular complexity index is 1980. The van der Waals surface area contributed by atoms with E-state index in [1.54, 1.807) is 0 Å². The monoisotopic (exact) mass is 578 g/mol. The number of fused-ring (bicyclic) bond motifs is 4. The highest BCUT2D eigenvalue weighted by Gasteiger charge is 2.43. The van der Waals surface area contributed by atoms with Crippen molar-refractivity contribution in [1.82, 2.24) is 0 Å². The minimum absolute atomic E-state index is 0.130. The molecule has 0 aromatic heterocycles. The van der Waals surface area contributed by atoms with E-state index in [4.69, 9.17) is 0 Å². The molecule has 216 valence electrons. The molecule has 6 aromatic carbocycles. The molecule has 3 aliphatic rings. The van der Waals surface area contributed by atoms with E-state index in [2.05, 4.69) is 155 Å². The minimum atomic E-state index is 0.130. The number of nitrogens with zero attached hydrogens (tertiary/aromatic N) is 2. The van der Waals surface area contributed by atoms with E-state index in [9.17, 15) is 0 Å². The van der Waals surface area contributed by atoms with Crippen molar-refractivity contribution in [1.29, 1.82) is 0 Å². The quantitative estimate of drug-likeness (QED) is 0.192. The highest BCUT2D eigenvalue weighted by Crippen LogP contribution is 2.46. The van der Waals surface area contributed by atoms with Crippen molar-refractivity contribution in [3.8, 4) is 11.1 Å². The zero-order chi connectivity index (χ0) is 29.7. The van der Waals surface area contributed by atoms with Crippen LogP contribution in [0.2, 0.25) is 0 Å². The van der Waals surface area contributed by atoms with Crippen LogP contribution in [0.5, 0.6) is 0 Å². The van der Waals surface area contributed by atoms with Gasteiger partial charge in [0.1, 0.15) is 0 Å². The lowest BCUT2D eigenvalue weighted by molar-refractivity contribution is 0.444. The Labute approximate surface area is 266 Å². The standard InChI is InChI=1S/C42H35BN2/c1-5-15-30(16-6-1)32-25-26-39-37(27-32)43-36-23-13-14-24-38(36)44(34-19-9-3-10-20-34)40-28-33(31-17-7-2-8-18-31)29-41(42(40)43)45(39)35-21-11-4-12-22-35/h1,3-6,9-16,19-29,31H,2,7-8,17-18H2. The SMILES string of the molecule is c1ccc(-c2ccc3c(c2)B2c4ccccc4N(c4ccccc4)c4cc(C5CCCCC5)cc(c42)N3c2ccccc2)cc1. The summed E-state index contributed by atoms with van der Waals surface area (Å²) >= 11 is 0. The molecule has 0 unspecified atom stereocenters. The van der Waals surface area contributed by atoms with E-state index in [1.165, 1.54) is 99.3 Å². The number of hydrogen-bond acceptors (Lipinski definition) is 2. The zero-order valence-corrected chi connectivity index (χ0v) is 25.4. The van der Waals surface area contributed by atoms with Gasteiger partial charge in [-0.3, -0.25) is 0 Å². The fourth-order valence-electron chi connectivity index (χ4n) is 8.16. The summed E-state index contributed by atoms with van der Waals surface area (Å²) < 4.78 is 0. The summed E-state index contributed by atoms with van der Waals surface area (Å²) in [6.07, 6.45) is 6.53. The molecule has 2 nitrogen and oxygen atoms in total. The van der Waals surface area contributed by atoms with Crippen LogP contribution in [0, 0.1) is 0 Å². The van der Waals surface area contributed by atoms with Gasteiger partial charge in [-0.2, -0.15) is 0 Å². The molecular weight excluding hydrogens is 543 g/mol. The van der Waals surface area contributed by atoms with Gasteiger partial charge in [0.25, 0.3) is 6.71 Å². The lowest BCUT2D eigenvalue weighted by Gasteiger charge is -2.45. The normalized spacial score (nSPS) is 15.3. The second-order valence-corrected chi connectivity index (χ2v) is 12.8. The molecule has 9 rings (SSSR count). The summed E-state index contributed by atoms with van der Waals surface area (Å²) in [5, 5.41) is 0. The fraction of sp³-hybridized carbons (Fsp3) is 0.143. The van der Waals surface area contributed by atoms with Gasteiger partial charge < -0.3 is 9.80 Å². The van der Waals surface area contributed by atoms with Gasteiger partial charge >= 0.3 is 0 Å². The van der Waals surface area contributed by atoms with Crippen molar-refractivity contribution < 1.29 is 0 Å². The maximum absolute atomic E-state index is 2.56. The Morgan fingerprint density at radius 1 is 0.444 bits per heavy atom. The molecule has 6 aromatic rings. The molecule has 0 amide bonds. The number of para-hydroxylation sites is 3. The van der Waals surface area contributed by atoms with Crippen LogP contribution in [0.1, 0.15) is 43.6 Å². The lowest BCUT2D eigenvalue weighted by atomic mass is 9.33. The summed E-state index contributed by atoms with van der Waals surface area (Å²) in [6.45, 7) is 0.130. The number of benzene rings is 6. The van der Waals surface area contributed by atoms with Crippen LogP contribution in [-0.2, 0) is 0 Å². The van der Waals surface area contributed by atoms with Gasteiger partial charge in [0.2, 0.25) is 0 Å². The van der Waals surface area contributed by atoms with E-state index in [-0.39, 0.29) is 6.71 Å². The predicted octanol–water partition coefficient (Wildman–Crippen LogP) is 9.48. The number of hydrogen-bond donors (Lipinski definition) is 0. The zero-order valence-electron chi connectivity index (χ0n) is 25.4. The summed E-state index contributed by atoms with van der Waals surface area (Å²) in [5.41, 5.74) is 15.7. The van der Waals surface area contributed by atoms with E-state index in [0.29, 0.717) is 5.92 Å². The topological polar surface area (TPSA) is 6.48 Å². The van der Waals surface area contributed by atoms with Gasteiger partial charge in [-0.15, -0.1) is 0 Å². The summed E-state index contributed by atoms with van der Waals surface area (Å²) in [7, 11) is 0. The molecule has 0 radical (unpaired) electrons. The van der Waals surface area contributed by atoms with Gasteiger partial charge in [0.15, 0.2) is 0 Å². The summed E-state index contributed by atoms with van der Waals surface area (Å²) in [5.74, 6) is 0.591. The second kappa shape index (κ2) is 10.9. The molecule has 0 saturated heterocycles. The van der Waals surface area contributed by atoms with Crippen LogP contribution in [-0.4, -0.2) is 6.71 Å². The molecule has 2 heterocycles. The van der Waals surface area contributed by atoms with Gasteiger partial charge in [-0.25, -0.2) is 0 Å². The predicted molar refractivity (Wildman–Crippen MR) is 192 cm³/mol. The third-order valence-corrected chi connectivity index (χ3v) is 10.2. The van der Waals surface area contributed by atoms with Crippen molar-refractivity contribution in [2.75, 3.05) is 9.80 Å². The van der Waals surface area contributed by atoms with Crippen molar-refractivity contribution in [2.45, 2.75) is 38.0 Å². The largest absolute Gasteiger partial charge is 0.311 e. The Morgan fingerprint density at radius 2 is 1.00 bits per heavy atom. The smallest absolute Gasteiger partial charge is 0.252 e. The molecule has 1 fully saturated rings. The van der Waals surface area contributed by atoms with E-state index in [0.717, 1.165) is 0 Å². The first kappa shape index (κ1) is 26.4. The summed E-state index contributed by atoms with van der Waals surface area (Å²) in [6, 6.07) is 54.1. The highest BCUT2D eigenvalue weighted by atomic mass is 15.2. The van der Waals surface area contributed by atoms with E-state index >= 15 is 0 Å². The molecule has 1 aliphatic carbocycles. The molecule has 0 N–H and O–H groups in total. The molecule has 0 spiro atoms. The first-order chi connectivity index (χ1) is 22.3. The van der Waals surface area contributed by atoms with Crippen LogP contribution in [0.3, 0.4) is 0 Å². The Balaban J connectivity index is 1.37. The molecule has 45 heavy (non-hydrogen) atoms. The first-order valence-corrected chi connectivity index (χ1v) is 16.5. The van der Waals surface area contributed by atoms with Crippen LogP contribution in [0.25, 0.3) is 11.1 Å². The average Bonchev–Trinajstić information content (AvgIpc) is 3.12. The third-order valence-electron chi connectivity index (χ3n) is 10.2. The van der Waals surface area contributed by atoms with Crippen molar-refractivity contribution in [3.63, 3.8) is 0 Å². The minimum Gasteiger partial charge on any atom is -0.311 e. The van der Waals surface area contributed by atoms with Gasteiger partial charge in [0, 0.05) is 34.1 Å². The van der Waals surface area contributed by atoms with E-state index in [1.807, 2.05) is 0 Å². The molecule has 0 bridgehead atoms. The molecular formula is C42H35BN2. The molecule has 3 heteroatoms. The van der Waals surface area contributed by atoms with Crippen LogP contribution >= 0.6 is 0 Å². The van der Waals surface area contributed by atoms with Gasteiger partial charge in [-0.1, -0.05) is 116 Å². The highest BCUT2D eigenvalue weighted by molar-refractivity contribution is 7.00. The van der Waals surface area contributed by atoms with Crippen molar-refractivity contribution in [3.05, 3.63) is 151 Å². The van der Waals surface area contributed by atoms with Crippen LogP contribution in [0.15, 0.2) is 146 Å². The lowest BCUT2D eigenvalue weighted by Crippen LogP contribution is -2.61. The van der Waals surface area contributed by atoms with E-state index < -0.39 is 0 Å². The average molecular weight is 579 g/mol. The molecule has 1 saturated carbocycles. The van der Waals surface area contributed by atoms with Crippen molar-refractivity contribution >= 4 is 57.2 Å². The van der Waals surface area contributed by atoms with Crippen LogP contribution in [0.4, 0.5) is 34.1 Å². The number of rotatable bonds is 4. The van der Waals surface area contributed by atoms with Crippen molar-refractivity contribution in [2.24, 2.45) is 0 Å². The maximum Gasteiger partial charge on any atom is 0.252 e. The second-order valence-electron chi connectivity index (χ2n) is 12.8. The Kier molecular flexibility index (Phi) is 6.37. The van der Waals surface area contributed by atoms with Gasteiger partial charge in [0.05, 0.1) is 0 Å². The fourth-order valence-corrected chi connectivity index (χ4v) is 8.16. The number of anilines is 6. The molecule has 0 atom stereocenters. The molecule has 2 aliphatic heterocycles. The Hall–Kier alpha value is -5.02. The van der Waals surface area contributed by atoms with Gasteiger partial charge in [-0.05, 0) is 100 Å². The van der Waals surface area contributed by atoms with Crippen LogP contribution < -0.4 is 26.2 Å². The third kappa shape index (κ3) is 4.33. The maximum atomic E-state index is 2.56.